The van der Waals surface area contributed by atoms with Gasteiger partial charge in [-0.3, -0.25) is 4.79 Å². The Labute approximate surface area is 181 Å². The highest BCUT2D eigenvalue weighted by Crippen LogP contribution is 2.31. The quantitative estimate of drug-likeness (QED) is 0.686. The Balaban J connectivity index is 1.31. The fourth-order valence-electron chi connectivity index (χ4n) is 5.38. The minimum Gasteiger partial charge on any atom is -0.352 e. The van der Waals surface area contributed by atoms with Gasteiger partial charge in [-0.2, -0.15) is 0 Å². The van der Waals surface area contributed by atoms with Crippen molar-refractivity contribution in [3.8, 4) is 0 Å². The molecule has 30 heavy (non-hydrogen) atoms. The molecule has 3 nitrogen and oxygen atoms in total. The van der Waals surface area contributed by atoms with E-state index in [4.69, 9.17) is 0 Å². The standard InChI is InChI=1S/C27H36N2O/c1-21-10-8-9-15-25(21)27(30)28-24-16-18-29(20-24)19-17-26(22-11-4-2-5-12-22)23-13-6-3-7-14-23/h2-7,11-14,21,24-26H,8-10,15-20H2,1H3,(H,28,30). The molecule has 1 N–H and O–H groups in total. The molecule has 1 aliphatic heterocycles. The second-order valence-corrected chi connectivity index (χ2v) is 9.33. The lowest BCUT2D eigenvalue weighted by molar-refractivity contribution is -0.128. The van der Waals surface area contributed by atoms with E-state index in [1.807, 2.05) is 0 Å². The predicted octanol–water partition coefficient (Wildman–Crippen LogP) is 5.23. The Morgan fingerprint density at radius 1 is 0.967 bits per heavy atom. The van der Waals surface area contributed by atoms with Crippen LogP contribution in [0.5, 0.6) is 0 Å². The van der Waals surface area contributed by atoms with Crippen molar-refractivity contribution in [2.45, 2.75) is 57.4 Å². The SMILES string of the molecule is CC1CCCCC1C(=O)NC1CCN(CCC(c2ccccc2)c2ccccc2)C1. The van der Waals surface area contributed by atoms with E-state index < -0.39 is 0 Å². The molecule has 1 aliphatic carbocycles. The van der Waals surface area contributed by atoms with Crippen molar-refractivity contribution in [1.29, 1.82) is 0 Å². The van der Waals surface area contributed by atoms with Crippen molar-refractivity contribution < 1.29 is 4.79 Å². The first-order valence-corrected chi connectivity index (χ1v) is 11.8. The number of hydrogen-bond donors (Lipinski definition) is 1. The predicted molar refractivity (Wildman–Crippen MR) is 123 cm³/mol. The zero-order valence-electron chi connectivity index (χ0n) is 18.3. The van der Waals surface area contributed by atoms with Gasteiger partial charge in [0, 0.05) is 31.0 Å². The maximum absolute atomic E-state index is 12.8. The summed E-state index contributed by atoms with van der Waals surface area (Å²) in [6.45, 7) is 5.39. The summed E-state index contributed by atoms with van der Waals surface area (Å²) in [4.78, 5) is 15.3. The van der Waals surface area contributed by atoms with E-state index in [9.17, 15) is 4.79 Å². The molecule has 2 fully saturated rings. The smallest absolute Gasteiger partial charge is 0.223 e. The van der Waals surface area contributed by atoms with Crippen LogP contribution in [0.15, 0.2) is 60.7 Å². The molecule has 3 atom stereocenters. The van der Waals surface area contributed by atoms with Crippen molar-refractivity contribution in [1.82, 2.24) is 10.2 Å². The molecule has 4 rings (SSSR count). The Bertz CT molecular complexity index is 752. The molecule has 3 heteroatoms. The van der Waals surface area contributed by atoms with E-state index in [0.717, 1.165) is 38.9 Å². The van der Waals surface area contributed by atoms with Gasteiger partial charge in [-0.15, -0.1) is 0 Å². The average molecular weight is 405 g/mol. The van der Waals surface area contributed by atoms with Crippen LogP contribution in [0, 0.1) is 11.8 Å². The third kappa shape index (κ3) is 5.31. The van der Waals surface area contributed by atoms with Gasteiger partial charge in [0.05, 0.1) is 0 Å². The fraction of sp³-hybridized carbons (Fsp3) is 0.519. The number of rotatable bonds is 7. The summed E-state index contributed by atoms with van der Waals surface area (Å²) in [5, 5.41) is 3.38. The minimum atomic E-state index is 0.230. The summed E-state index contributed by atoms with van der Waals surface area (Å²) in [5.41, 5.74) is 2.78. The lowest BCUT2D eigenvalue weighted by Gasteiger charge is -2.29. The molecule has 2 aromatic rings. The molecule has 2 aromatic carbocycles. The molecular formula is C27H36N2O. The molecule has 1 saturated carbocycles. The first-order chi connectivity index (χ1) is 14.7. The van der Waals surface area contributed by atoms with E-state index in [1.54, 1.807) is 0 Å². The van der Waals surface area contributed by atoms with Crippen molar-refractivity contribution >= 4 is 5.91 Å². The Morgan fingerprint density at radius 2 is 1.60 bits per heavy atom. The van der Waals surface area contributed by atoms with Gasteiger partial charge >= 0.3 is 0 Å². The summed E-state index contributed by atoms with van der Waals surface area (Å²) < 4.78 is 0. The monoisotopic (exact) mass is 404 g/mol. The van der Waals surface area contributed by atoms with Crippen LogP contribution in [0.4, 0.5) is 0 Å². The van der Waals surface area contributed by atoms with Crippen LogP contribution in [0.2, 0.25) is 0 Å². The van der Waals surface area contributed by atoms with E-state index in [2.05, 4.69) is 77.8 Å². The maximum Gasteiger partial charge on any atom is 0.223 e. The van der Waals surface area contributed by atoms with Crippen molar-refractivity contribution in [3.05, 3.63) is 71.8 Å². The molecule has 0 aromatic heterocycles. The molecule has 0 spiro atoms. The van der Waals surface area contributed by atoms with Gasteiger partial charge < -0.3 is 10.2 Å². The van der Waals surface area contributed by atoms with Gasteiger partial charge in [0.2, 0.25) is 5.91 Å². The van der Waals surface area contributed by atoms with Crippen molar-refractivity contribution in [2.24, 2.45) is 11.8 Å². The van der Waals surface area contributed by atoms with Crippen LogP contribution in [0.1, 0.15) is 62.5 Å². The van der Waals surface area contributed by atoms with E-state index in [-0.39, 0.29) is 5.92 Å². The van der Waals surface area contributed by atoms with Crippen molar-refractivity contribution in [2.75, 3.05) is 19.6 Å². The topological polar surface area (TPSA) is 32.3 Å². The maximum atomic E-state index is 12.8. The normalized spacial score (nSPS) is 24.8. The van der Waals surface area contributed by atoms with E-state index in [0.29, 0.717) is 23.8 Å². The van der Waals surface area contributed by atoms with E-state index >= 15 is 0 Å². The second kappa shape index (κ2) is 10.3. The Morgan fingerprint density at radius 3 is 2.23 bits per heavy atom. The molecule has 0 bridgehead atoms. The van der Waals surface area contributed by atoms with Crippen LogP contribution >= 0.6 is 0 Å². The number of amides is 1. The number of carbonyl (C=O) groups is 1. The first-order valence-electron chi connectivity index (χ1n) is 11.8. The zero-order chi connectivity index (χ0) is 20.8. The summed E-state index contributed by atoms with van der Waals surface area (Å²) >= 11 is 0. The first kappa shape index (κ1) is 21.1. The van der Waals surface area contributed by atoms with Gasteiger partial charge in [-0.05, 0) is 49.3 Å². The number of likely N-dealkylation sites (tertiary alicyclic amines) is 1. The molecule has 160 valence electrons. The van der Waals surface area contributed by atoms with Gasteiger partial charge in [0.25, 0.3) is 0 Å². The van der Waals surface area contributed by atoms with Crippen LogP contribution in [0.25, 0.3) is 0 Å². The fourth-order valence-corrected chi connectivity index (χ4v) is 5.38. The number of hydrogen-bond acceptors (Lipinski definition) is 2. The number of nitrogens with zero attached hydrogens (tertiary/aromatic N) is 1. The zero-order valence-corrected chi connectivity index (χ0v) is 18.3. The second-order valence-electron chi connectivity index (χ2n) is 9.33. The van der Waals surface area contributed by atoms with Gasteiger partial charge in [0.1, 0.15) is 0 Å². The molecule has 1 heterocycles. The molecule has 1 saturated heterocycles. The highest BCUT2D eigenvalue weighted by Gasteiger charge is 2.31. The summed E-state index contributed by atoms with van der Waals surface area (Å²) in [6.07, 6.45) is 6.95. The van der Waals surface area contributed by atoms with Gasteiger partial charge in [0.15, 0.2) is 0 Å². The average Bonchev–Trinajstić information content (AvgIpc) is 3.23. The highest BCUT2D eigenvalue weighted by molar-refractivity contribution is 5.79. The minimum absolute atomic E-state index is 0.230. The number of carbonyl (C=O) groups excluding carboxylic acids is 1. The molecular weight excluding hydrogens is 368 g/mol. The van der Waals surface area contributed by atoms with E-state index in [1.165, 1.54) is 30.4 Å². The molecule has 1 amide bonds. The molecule has 0 radical (unpaired) electrons. The van der Waals surface area contributed by atoms with Crippen LogP contribution in [0.3, 0.4) is 0 Å². The van der Waals surface area contributed by atoms with Gasteiger partial charge in [-0.25, -0.2) is 0 Å². The summed E-state index contributed by atoms with van der Waals surface area (Å²) in [7, 11) is 0. The van der Waals surface area contributed by atoms with Crippen LogP contribution < -0.4 is 5.32 Å². The number of benzene rings is 2. The third-order valence-electron chi connectivity index (χ3n) is 7.20. The van der Waals surface area contributed by atoms with Crippen LogP contribution in [-0.4, -0.2) is 36.5 Å². The Kier molecular flexibility index (Phi) is 7.22. The van der Waals surface area contributed by atoms with Gasteiger partial charge in [-0.1, -0.05) is 80.4 Å². The summed E-state index contributed by atoms with van der Waals surface area (Å²) in [6, 6.07) is 22.0. The largest absolute Gasteiger partial charge is 0.352 e. The highest BCUT2D eigenvalue weighted by atomic mass is 16.2. The number of nitrogens with one attached hydrogen (secondary N) is 1. The Hall–Kier alpha value is -2.13. The third-order valence-corrected chi connectivity index (χ3v) is 7.20. The lowest BCUT2D eigenvalue weighted by atomic mass is 9.80. The van der Waals surface area contributed by atoms with Crippen molar-refractivity contribution in [3.63, 3.8) is 0 Å². The molecule has 2 aliphatic rings. The molecule has 3 unspecified atom stereocenters. The summed E-state index contributed by atoms with van der Waals surface area (Å²) in [5.74, 6) is 1.49. The van der Waals surface area contributed by atoms with Crippen LogP contribution in [-0.2, 0) is 4.79 Å². The lowest BCUT2D eigenvalue weighted by Crippen LogP contribution is -2.43.